The largest absolute Gasteiger partial charge is 0.497 e. The van der Waals surface area contributed by atoms with E-state index in [0.717, 1.165) is 11.3 Å². The van der Waals surface area contributed by atoms with Crippen molar-refractivity contribution in [3.8, 4) is 5.75 Å². The minimum atomic E-state index is -0.836. The molecule has 0 saturated carbocycles. The fourth-order valence-electron chi connectivity index (χ4n) is 4.96. The van der Waals surface area contributed by atoms with Crippen LogP contribution >= 0.6 is 0 Å². The summed E-state index contributed by atoms with van der Waals surface area (Å²) in [5, 5.41) is 5.65. The zero-order chi connectivity index (χ0) is 21.1. The molecule has 3 heterocycles. The quantitative estimate of drug-likeness (QED) is 0.694. The molecule has 2 N–H and O–H groups in total. The van der Waals surface area contributed by atoms with Gasteiger partial charge in [0.25, 0.3) is 5.91 Å². The number of hydrogen-bond donors (Lipinski definition) is 2. The van der Waals surface area contributed by atoms with E-state index in [2.05, 4.69) is 15.5 Å². The molecule has 4 amide bonds. The SMILES string of the molecule is COc1ccc(N2C(=O)N[C@H](CC(=O)NC[C@H]3CCCN4CCCC[C@H]34)C2=O)cc1. The molecule has 3 atom stereocenters. The second-order valence-corrected chi connectivity index (χ2v) is 8.38. The fraction of sp³-hybridized carbons (Fsp3) is 0.591. The van der Waals surface area contributed by atoms with Crippen LogP contribution in [0.25, 0.3) is 0 Å². The standard InChI is InChI=1S/C22H30N4O4/c1-30-17-9-7-16(8-10-17)26-21(28)18(24-22(26)29)13-20(27)23-14-15-5-4-12-25-11-3-2-6-19(15)25/h7-10,15,18-19H,2-6,11-14H2,1H3,(H,23,27)(H,24,29)/t15-,18-,19-/m1/s1. The zero-order valence-corrected chi connectivity index (χ0v) is 17.4. The molecule has 0 bridgehead atoms. The van der Waals surface area contributed by atoms with Crippen LogP contribution in [0.3, 0.4) is 0 Å². The summed E-state index contributed by atoms with van der Waals surface area (Å²) in [6.45, 7) is 2.97. The van der Waals surface area contributed by atoms with E-state index < -0.39 is 18.0 Å². The number of anilines is 1. The highest BCUT2D eigenvalue weighted by Crippen LogP contribution is 2.30. The molecule has 0 radical (unpaired) electrons. The Morgan fingerprint density at radius 3 is 2.67 bits per heavy atom. The molecule has 8 nitrogen and oxygen atoms in total. The molecule has 4 rings (SSSR count). The molecule has 1 aromatic carbocycles. The van der Waals surface area contributed by atoms with Crippen molar-refractivity contribution in [3.63, 3.8) is 0 Å². The maximum absolute atomic E-state index is 12.7. The van der Waals surface area contributed by atoms with E-state index in [1.54, 1.807) is 31.4 Å². The summed E-state index contributed by atoms with van der Waals surface area (Å²) >= 11 is 0. The van der Waals surface area contributed by atoms with Gasteiger partial charge in [-0.2, -0.15) is 0 Å². The van der Waals surface area contributed by atoms with Gasteiger partial charge in [0.15, 0.2) is 0 Å². The number of imide groups is 1. The van der Waals surface area contributed by atoms with Crippen molar-refractivity contribution in [3.05, 3.63) is 24.3 Å². The highest BCUT2D eigenvalue weighted by Gasteiger charge is 2.40. The van der Waals surface area contributed by atoms with Crippen molar-refractivity contribution in [1.82, 2.24) is 15.5 Å². The number of ether oxygens (including phenoxy) is 1. The normalized spacial score (nSPS) is 26.8. The predicted molar refractivity (Wildman–Crippen MR) is 112 cm³/mol. The van der Waals surface area contributed by atoms with E-state index in [0.29, 0.717) is 29.9 Å². The van der Waals surface area contributed by atoms with Crippen LogP contribution in [0, 0.1) is 5.92 Å². The highest BCUT2D eigenvalue weighted by molar-refractivity contribution is 6.22. The van der Waals surface area contributed by atoms with E-state index in [1.165, 1.54) is 38.8 Å². The van der Waals surface area contributed by atoms with Crippen molar-refractivity contribution >= 4 is 23.5 Å². The van der Waals surface area contributed by atoms with Gasteiger partial charge in [-0.05, 0) is 69.0 Å². The second kappa shape index (κ2) is 9.04. The number of amides is 4. The Balaban J connectivity index is 1.31. The lowest BCUT2D eigenvalue weighted by molar-refractivity contribution is -0.125. The molecule has 3 aliphatic rings. The summed E-state index contributed by atoms with van der Waals surface area (Å²) in [6, 6.07) is 5.90. The first-order valence-corrected chi connectivity index (χ1v) is 10.9. The van der Waals surface area contributed by atoms with Gasteiger partial charge in [-0.3, -0.25) is 9.59 Å². The maximum Gasteiger partial charge on any atom is 0.329 e. The van der Waals surface area contributed by atoms with Crippen molar-refractivity contribution in [2.24, 2.45) is 5.92 Å². The molecule has 8 heteroatoms. The summed E-state index contributed by atoms with van der Waals surface area (Å²) < 4.78 is 5.11. The average molecular weight is 415 g/mol. The van der Waals surface area contributed by atoms with Crippen molar-refractivity contribution in [2.75, 3.05) is 31.6 Å². The number of nitrogens with one attached hydrogen (secondary N) is 2. The van der Waals surface area contributed by atoms with Crippen molar-refractivity contribution in [1.29, 1.82) is 0 Å². The van der Waals surface area contributed by atoms with Gasteiger partial charge in [0.2, 0.25) is 5.91 Å². The number of fused-ring (bicyclic) bond motifs is 1. The fourth-order valence-corrected chi connectivity index (χ4v) is 4.96. The number of rotatable bonds is 6. The van der Waals surface area contributed by atoms with E-state index in [1.807, 2.05) is 0 Å². The first-order valence-electron chi connectivity index (χ1n) is 10.9. The Kier molecular flexibility index (Phi) is 6.22. The molecule has 30 heavy (non-hydrogen) atoms. The topological polar surface area (TPSA) is 91.0 Å². The Morgan fingerprint density at radius 1 is 1.13 bits per heavy atom. The molecule has 1 aromatic rings. The van der Waals surface area contributed by atoms with Gasteiger partial charge in [0.1, 0.15) is 11.8 Å². The number of benzene rings is 1. The minimum Gasteiger partial charge on any atom is -0.497 e. The van der Waals surface area contributed by atoms with Gasteiger partial charge < -0.3 is 20.3 Å². The van der Waals surface area contributed by atoms with Gasteiger partial charge >= 0.3 is 6.03 Å². The lowest BCUT2D eigenvalue weighted by Crippen LogP contribution is -2.51. The van der Waals surface area contributed by atoms with Crippen LogP contribution in [0.4, 0.5) is 10.5 Å². The molecule has 0 aliphatic carbocycles. The van der Waals surface area contributed by atoms with E-state index in [-0.39, 0.29) is 12.3 Å². The molecule has 0 spiro atoms. The van der Waals surface area contributed by atoms with E-state index in [4.69, 9.17) is 4.74 Å². The summed E-state index contributed by atoms with van der Waals surface area (Å²) in [4.78, 5) is 41.2. The predicted octanol–water partition coefficient (Wildman–Crippen LogP) is 1.89. The number of carbonyl (C=O) groups is 3. The van der Waals surface area contributed by atoms with Gasteiger partial charge in [-0.1, -0.05) is 6.42 Å². The number of piperidine rings is 2. The molecular formula is C22H30N4O4. The van der Waals surface area contributed by atoms with Crippen LogP contribution in [0.5, 0.6) is 5.75 Å². The third-order valence-corrected chi connectivity index (χ3v) is 6.53. The van der Waals surface area contributed by atoms with Gasteiger partial charge in [0, 0.05) is 12.6 Å². The van der Waals surface area contributed by atoms with Gasteiger partial charge in [-0.25, -0.2) is 9.69 Å². The van der Waals surface area contributed by atoms with Crippen LogP contribution in [-0.2, 0) is 9.59 Å². The van der Waals surface area contributed by atoms with Crippen LogP contribution in [-0.4, -0.2) is 61.6 Å². The zero-order valence-electron chi connectivity index (χ0n) is 17.4. The molecule has 0 unspecified atom stereocenters. The summed E-state index contributed by atoms with van der Waals surface area (Å²) in [6.07, 6.45) is 5.99. The Morgan fingerprint density at radius 2 is 1.90 bits per heavy atom. The Labute approximate surface area is 176 Å². The number of nitrogens with zero attached hydrogens (tertiary/aromatic N) is 2. The molecule has 3 aliphatic heterocycles. The minimum absolute atomic E-state index is 0.0433. The number of hydrogen-bond acceptors (Lipinski definition) is 5. The monoisotopic (exact) mass is 414 g/mol. The van der Waals surface area contributed by atoms with Crippen LogP contribution < -0.4 is 20.3 Å². The summed E-state index contributed by atoms with van der Waals surface area (Å²) in [5.41, 5.74) is 0.459. The lowest BCUT2D eigenvalue weighted by Gasteiger charge is -2.44. The van der Waals surface area contributed by atoms with Gasteiger partial charge in [0.05, 0.1) is 19.2 Å². The first kappa shape index (κ1) is 20.7. The highest BCUT2D eigenvalue weighted by atomic mass is 16.5. The molecule has 162 valence electrons. The van der Waals surface area contributed by atoms with Crippen LogP contribution in [0.1, 0.15) is 38.5 Å². The lowest BCUT2D eigenvalue weighted by atomic mass is 9.83. The van der Waals surface area contributed by atoms with E-state index >= 15 is 0 Å². The Hall–Kier alpha value is -2.61. The smallest absolute Gasteiger partial charge is 0.329 e. The average Bonchev–Trinajstić information content (AvgIpc) is 3.05. The van der Waals surface area contributed by atoms with Crippen LogP contribution in [0.15, 0.2) is 24.3 Å². The summed E-state index contributed by atoms with van der Waals surface area (Å²) in [5.74, 6) is 0.503. The second-order valence-electron chi connectivity index (χ2n) is 8.38. The van der Waals surface area contributed by atoms with Gasteiger partial charge in [-0.15, -0.1) is 0 Å². The molecule has 3 saturated heterocycles. The third kappa shape index (κ3) is 4.28. The summed E-state index contributed by atoms with van der Waals surface area (Å²) in [7, 11) is 1.55. The molecular weight excluding hydrogens is 384 g/mol. The molecule has 0 aromatic heterocycles. The van der Waals surface area contributed by atoms with Crippen LogP contribution in [0.2, 0.25) is 0 Å². The number of urea groups is 1. The van der Waals surface area contributed by atoms with E-state index in [9.17, 15) is 14.4 Å². The third-order valence-electron chi connectivity index (χ3n) is 6.53. The van der Waals surface area contributed by atoms with Crippen molar-refractivity contribution < 1.29 is 19.1 Å². The number of methoxy groups -OCH3 is 1. The molecule has 3 fully saturated rings. The number of carbonyl (C=O) groups excluding carboxylic acids is 3. The van der Waals surface area contributed by atoms with Crippen molar-refractivity contribution in [2.45, 2.75) is 50.6 Å². The first-order chi connectivity index (χ1) is 14.6. The Bertz CT molecular complexity index is 795. The maximum atomic E-state index is 12.7.